The normalized spacial score (nSPS) is 14.8. The van der Waals surface area contributed by atoms with Crippen molar-refractivity contribution in [1.29, 1.82) is 0 Å². The van der Waals surface area contributed by atoms with Gasteiger partial charge in [-0.3, -0.25) is 14.5 Å². The van der Waals surface area contributed by atoms with E-state index < -0.39 is 10.0 Å². The first-order chi connectivity index (χ1) is 9.35. The first-order valence-corrected chi connectivity index (χ1v) is 8.86. The van der Waals surface area contributed by atoms with Gasteiger partial charge in [-0.25, -0.2) is 8.42 Å². The van der Waals surface area contributed by atoms with E-state index in [0.29, 0.717) is 17.3 Å². The van der Waals surface area contributed by atoms with Gasteiger partial charge in [0.25, 0.3) is 5.91 Å². The van der Waals surface area contributed by atoms with Gasteiger partial charge in [0.1, 0.15) is 0 Å². The molecule has 0 aliphatic carbocycles. The molecule has 0 atom stereocenters. The predicted molar refractivity (Wildman–Crippen MR) is 82.1 cm³/mol. The Hall–Kier alpha value is -1.25. The zero-order valence-electron chi connectivity index (χ0n) is 10.5. The Morgan fingerprint density at radius 1 is 1.45 bits per heavy atom. The minimum Gasteiger partial charge on any atom is -0.301 e. The highest BCUT2D eigenvalue weighted by Crippen LogP contribution is 2.24. The number of carbonyl (C=O) groups is 1. The summed E-state index contributed by atoms with van der Waals surface area (Å²) in [5, 5.41) is 3.45. The van der Waals surface area contributed by atoms with Gasteiger partial charge in [0, 0.05) is 11.3 Å². The first kappa shape index (κ1) is 15.1. The second kappa shape index (κ2) is 6.02. The number of sulfonamides is 1. The summed E-state index contributed by atoms with van der Waals surface area (Å²) in [4.78, 5) is 16.1. The zero-order chi connectivity index (χ0) is 14.8. The summed E-state index contributed by atoms with van der Waals surface area (Å²) in [6.45, 7) is 0.682. The molecule has 0 unspecified atom stereocenters. The van der Waals surface area contributed by atoms with Crippen LogP contribution in [0.25, 0.3) is 0 Å². The topological polar surface area (TPSA) is 87.6 Å². The average Bonchev–Trinajstić information content (AvgIpc) is 2.83. The van der Waals surface area contributed by atoms with Crippen molar-refractivity contribution in [1.82, 2.24) is 5.32 Å². The van der Waals surface area contributed by atoms with Crippen LogP contribution >= 0.6 is 23.4 Å². The van der Waals surface area contributed by atoms with E-state index >= 15 is 0 Å². The fourth-order valence-electron chi connectivity index (χ4n) is 1.52. The summed E-state index contributed by atoms with van der Waals surface area (Å²) in [6.07, 6.45) is 1.01. The Morgan fingerprint density at radius 3 is 2.80 bits per heavy atom. The van der Waals surface area contributed by atoms with E-state index in [2.05, 4.69) is 15.0 Å². The van der Waals surface area contributed by atoms with E-state index in [0.717, 1.165) is 12.0 Å². The number of thioether (sulfide) groups is 1. The van der Waals surface area contributed by atoms with E-state index in [-0.39, 0.29) is 16.6 Å². The number of anilines is 1. The van der Waals surface area contributed by atoms with Crippen molar-refractivity contribution in [3.05, 3.63) is 28.8 Å². The third-order valence-electron chi connectivity index (χ3n) is 2.33. The Bertz CT molecular complexity index is 673. The fraction of sp³-hybridized carbons (Fsp3) is 0.273. The third kappa shape index (κ3) is 4.12. The minimum absolute atomic E-state index is 0.169. The summed E-state index contributed by atoms with van der Waals surface area (Å²) in [5.74, 6) is 0.489. The van der Waals surface area contributed by atoms with Gasteiger partial charge in [-0.15, -0.1) is 0 Å². The van der Waals surface area contributed by atoms with E-state index in [1.807, 2.05) is 0 Å². The van der Waals surface area contributed by atoms with E-state index in [1.54, 1.807) is 0 Å². The molecule has 1 aromatic rings. The molecular weight excluding hydrogens is 322 g/mol. The molecule has 1 heterocycles. The molecule has 108 valence electrons. The second-order valence-electron chi connectivity index (χ2n) is 4.06. The van der Waals surface area contributed by atoms with Crippen LogP contribution in [-0.4, -0.2) is 38.0 Å². The lowest BCUT2D eigenvalue weighted by Crippen LogP contribution is -2.27. The summed E-state index contributed by atoms with van der Waals surface area (Å²) >= 11 is 7.35. The molecule has 0 spiro atoms. The largest absolute Gasteiger partial charge is 0.301 e. The molecule has 2 N–H and O–H groups in total. The lowest BCUT2D eigenvalue weighted by atomic mass is 10.2. The third-order valence-corrected chi connectivity index (χ3v) is 4.14. The maximum atomic E-state index is 12.0. The number of benzene rings is 1. The van der Waals surface area contributed by atoms with Crippen molar-refractivity contribution in [3.63, 3.8) is 0 Å². The molecule has 0 saturated carbocycles. The van der Waals surface area contributed by atoms with Gasteiger partial charge in [0.2, 0.25) is 10.0 Å². The fourth-order valence-corrected chi connectivity index (χ4v) is 3.04. The molecule has 1 aliphatic rings. The van der Waals surface area contributed by atoms with Crippen LogP contribution in [0.3, 0.4) is 0 Å². The van der Waals surface area contributed by atoms with Crippen LogP contribution in [0.1, 0.15) is 10.4 Å². The van der Waals surface area contributed by atoms with Gasteiger partial charge in [-0.05, 0) is 18.2 Å². The highest BCUT2D eigenvalue weighted by Gasteiger charge is 2.15. The standard InChI is InChI=1S/C11H12ClN3O3S2/c1-20(17,18)15-9-6-7(2-3-8(9)12)10(16)14-11-13-4-5-19-11/h2-3,6,15H,4-5H2,1H3,(H,13,14,16). The molecule has 1 aromatic carbocycles. The molecule has 9 heteroatoms. The van der Waals surface area contributed by atoms with Crippen LogP contribution in [0.5, 0.6) is 0 Å². The van der Waals surface area contributed by atoms with Gasteiger partial charge in [-0.1, -0.05) is 23.4 Å². The van der Waals surface area contributed by atoms with Gasteiger partial charge >= 0.3 is 0 Å². The molecule has 2 rings (SSSR count). The van der Waals surface area contributed by atoms with Crippen molar-refractivity contribution in [3.8, 4) is 0 Å². The van der Waals surface area contributed by atoms with Gasteiger partial charge in [0.15, 0.2) is 5.17 Å². The Kier molecular flexibility index (Phi) is 4.56. The number of nitrogens with zero attached hydrogens (tertiary/aromatic N) is 1. The quantitative estimate of drug-likeness (QED) is 0.878. The Balaban J connectivity index is 2.20. The van der Waals surface area contributed by atoms with Crippen LogP contribution in [0.15, 0.2) is 23.2 Å². The van der Waals surface area contributed by atoms with Crippen molar-refractivity contribution in [2.45, 2.75) is 0 Å². The van der Waals surface area contributed by atoms with Crippen molar-refractivity contribution in [2.75, 3.05) is 23.3 Å². The van der Waals surface area contributed by atoms with E-state index in [1.165, 1.54) is 30.0 Å². The van der Waals surface area contributed by atoms with Crippen LogP contribution in [-0.2, 0) is 10.0 Å². The summed E-state index contributed by atoms with van der Waals surface area (Å²) in [5.41, 5.74) is 0.471. The summed E-state index contributed by atoms with van der Waals surface area (Å²) < 4.78 is 24.7. The molecule has 0 fully saturated rings. The molecule has 0 saturated heterocycles. The second-order valence-corrected chi connectivity index (χ2v) is 7.30. The van der Waals surface area contributed by atoms with Crippen LogP contribution in [0.2, 0.25) is 5.02 Å². The SMILES string of the molecule is CS(=O)(=O)Nc1cc(C(=O)NC2=NCCS2)ccc1Cl. The monoisotopic (exact) mass is 333 g/mol. The molecule has 1 aliphatic heterocycles. The number of carbonyl (C=O) groups excluding carboxylic acids is 1. The van der Waals surface area contributed by atoms with Gasteiger partial charge in [-0.2, -0.15) is 0 Å². The smallest absolute Gasteiger partial charge is 0.257 e. The highest BCUT2D eigenvalue weighted by molar-refractivity contribution is 8.14. The summed E-state index contributed by atoms with van der Waals surface area (Å²) in [6, 6.07) is 4.37. The molecule has 6 nitrogen and oxygen atoms in total. The van der Waals surface area contributed by atoms with Crippen molar-refractivity contribution >= 4 is 50.1 Å². The lowest BCUT2D eigenvalue weighted by Gasteiger charge is -2.09. The van der Waals surface area contributed by atoms with Gasteiger partial charge in [0.05, 0.1) is 23.5 Å². The number of rotatable bonds is 3. The molecule has 0 radical (unpaired) electrons. The molecular formula is C11H12ClN3O3S2. The predicted octanol–water partition coefficient (Wildman–Crippen LogP) is 1.54. The number of nitrogens with one attached hydrogen (secondary N) is 2. The van der Waals surface area contributed by atoms with E-state index in [9.17, 15) is 13.2 Å². The molecule has 1 amide bonds. The highest BCUT2D eigenvalue weighted by atomic mass is 35.5. The molecule has 0 aromatic heterocycles. The number of hydrogen-bond acceptors (Lipinski definition) is 5. The Morgan fingerprint density at radius 2 is 2.20 bits per heavy atom. The first-order valence-electron chi connectivity index (χ1n) is 5.61. The Labute approximate surface area is 126 Å². The number of hydrogen-bond donors (Lipinski definition) is 2. The number of halogens is 1. The maximum Gasteiger partial charge on any atom is 0.257 e. The van der Waals surface area contributed by atoms with Crippen molar-refractivity contribution in [2.24, 2.45) is 4.99 Å². The van der Waals surface area contributed by atoms with Crippen LogP contribution < -0.4 is 10.0 Å². The van der Waals surface area contributed by atoms with E-state index in [4.69, 9.17) is 11.6 Å². The minimum atomic E-state index is -3.46. The number of aliphatic imine (C=N–C) groups is 1. The van der Waals surface area contributed by atoms with Gasteiger partial charge < -0.3 is 5.32 Å². The molecule has 0 bridgehead atoms. The molecule has 20 heavy (non-hydrogen) atoms. The lowest BCUT2D eigenvalue weighted by molar-refractivity contribution is 0.0978. The van der Waals surface area contributed by atoms with Crippen LogP contribution in [0, 0.1) is 0 Å². The number of amides is 1. The van der Waals surface area contributed by atoms with Crippen LogP contribution in [0.4, 0.5) is 5.69 Å². The number of amidine groups is 1. The van der Waals surface area contributed by atoms with Crippen molar-refractivity contribution < 1.29 is 13.2 Å². The average molecular weight is 334 g/mol. The maximum absolute atomic E-state index is 12.0. The zero-order valence-corrected chi connectivity index (χ0v) is 12.9. The summed E-state index contributed by atoms with van der Waals surface area (Å²) in [7, 11) is -3.46.